The van der Waals surface area contributed by atoms with Gasteiger partial charge in [0, 0.05) is 36.4 Å². The van der Waals surface area contributed by atoms with Crippen LogP contribution in [0.3, 0.4) is 0 Å². The molecule has 1 fully saturated rings. The number of nitrogens with zero attached hydrogens (tertiary/aromatic N) is 3. The molecule has 4 aromatic rings. The fourth-order valence-corrected chi connectivity index (χ4v) is 5.81. The van der Waals surface area contributed by atoms with Gasteiger partial charge in [0.15, 0.2) is 0 Å². The third-order valence-corrected chi connectivity index (χ3v) is 8.03. The van der Waals surface area contributed by atoms with Crippen molar-refractivity contribution in [1.29, 1.82) is 0 Å². The number of nitrogens with one attached hydrogen (secondary N) is 1. The predicted molar refractivity (Wildman–Crippen MR) is 142 cm³/mol. The molecule has 4 unspecified atom stereocenters. The second-order valence-electron chi connectivity index (χ2n) is 10.6. The third-order valence-electron chi connectivity index (χ3n) is 8.03. The molecule has 1 aliphatic rings. The molecule has 2 aromatic carbocycles. The average Bonchev–Trinajstić information content (AvgIpc) is 3.43. The van der Waals surface area contributed by atoms with Crippen molar-refractivity contribution in [3.8, 4) is 5.75 Å². The molecule has 2 aromatic heterocycles. The number of imidazole rings is 1. The Hall–Kier alpha value is -2.83. The molecule has 0 aliphatic heterocycles. The number of phenolic OH excluding ortho intramolecular Hbond substituents is 1. The summed E-state index contributed by atoms with van der Waals surface area (Å²) in [6.45, 7) is 4.47. The molecule has 0 amide bonds. The molecule has 6 heteroatoms. The first-order valence-corrected chi connectivity index (χ1v) is 13.0. The van der Waals surface area contributed by atoms with Gasteiger partial charge >= 0.3 is 0 Å². The molecule has 0 saturated heterocycles. The van der Waals surface area contributed by atoms with E-state index in [-0.39, 0.29) is 5.75 Å². The van der Waals surface area contributed by atoms with Gasteiger partial charge in [-0.1, -0.05) is 25.8 Å². The summed E-state index contributed by atoms with van der Waals surface area (Å²) in [5.41, 5.74) is 4.70. The van der Waals surface area contributed by atoms with E-state index in [0.717, 1.165) is 58.7 Å². The van der Waals surface area contributed by atoms with E-state index >= 15 is 0 Å². The van der Waals surface area contributed by atoms with Gasteiger partial charge in [0.1, 0.15) is 17.7 Å². The van der Waals surface area contributed by atoms with E-state index < -0.39 is 6.10 Å². The number of rotatable bonds is 7. The van der Waals surface area contributed by atoms with Crippen LogP contribution in [-0.2, 0) is 13.5 Å². The van der Waals surface area contributed by atoms with E-state index in [1.54, 1.807) is 6.07 Å². The summed E-state index contributed by atoms with van der Waals surface area (Å²) in [6, 6.07) is 12.6. The highest BCUT2D eigenvalue weighted by Crippen LogP contribution is 2.40. The highest BCUT2D eigenvalue weighted by Gasteiger charge is 2.29. The van der Waals surface area contributed by atoms with Gasteiger partial charge in [-0.15, -0.1) is 0 Å². The van der Waals surface area contributed by atoms with E-state index in [1.807, 2.05) is 32.4 Å². The topological polar surface area (TPSA) is 75.2 Å². The van der Waals surface area contributed by atoms with Crippen LogP contribution < -0.4 is 5.32 Å². The van der Waals surface area contributed by atoms with E-state index in [4.69, 9.17) is 4.98 Å². The Morgan fingerprint density at radius 2 is 1.94 bits per heavy atom. The molecule has 3 N–H and O–H groups in total. The number of aromatic hydroxyl groups is 1. The van der Waals surface area contributed by atoms with Crippen LogP contribution in [-0.4, -0.2) is 37.4 Å². The second-order valence-corrected chi connectivity index (χ2v) is 10.6. The lowest BCUT2D eigenvalue weighted by Crippen LogP contribution is -2.21. The summed E-state index contributed by atoms with van der Waals surface area (Å²) in [4.78, 5) is 5.07. The molecule has 0 radical (unpaired) electrons. The van der Waals surface area contributed by atoms with Crippen LogP contribution >= 0.6 is 0 Å². The summed E-state index contributed by atoms with van der Waals surface area (Å²) in [5, 5.41) is 26.9. The summed E-state index contributed by atoms with van der Waals surface area (Å²) >= 11 is 0. The molecule has 186 valence electrons. The van der Waals surface area contributed by atoms with E-state index in [2.05, 4.69) is 46.5 Å². The summed E-state index contributed by atoms with van der Waals surface area (Å²) in [5.74, 6) is 1.61. The molecule has 0 spiro atoms. The standard InChI is InChI=1S/C29H38N4O2/c1-18-6-5-7-22(16-18)33-25-12-13-26(34)23(10-8-19(2)30-3)27(25)31-29(33)28(35)21-9-11-24-20(17-21)14-15-32(24)4/h9,11-15,17-19,22,28,30,34-35H,5-8,10,16H2,1-4H3. The highest BCUT2D eigenvalue weighted by molar-refractivity contribution is 5.83. The van der Waals surface area contributed by atoms with Crippen molar-refractivity contribution >= 4 is 21.9 Å². The van der Waals surface area contributed by atoms with E-state index in [9.17, 15) is 10.2 Å². The monoisotopic (exact) mass is 474 g/mol. The molecule has 0 bridgehead atoms. The minimum Gasteiger partial charge on any atom is -0.508 e. The van der Waals surface area contributed by atoms with Crippen LogP contribution in [0.25, 0.3) is 21.9 Å². The summed E-state index contributed by atoms with van der Waals surface area (Å²) in [6.07, 6.45) is 7.43. The van der Waals surface area contributed by atoms with Crippen molar-refractivity contribution in [1.82, 2.24) is 19.4 Å². The number of aromatic nitrogens is 3. The van der Waals surface area contributed by atoms with Crippen LogP contribution in [0.5, 0.6) is 5.75 Å². The molecule has 35 heavy (non-hydrogen) atoms. The maximum Gasteiger partial charge on any atom is 0.143 e. The molecular formula is C29H38N4O2. The van der Waals surface area contributed by atoms with Crippen LogP contribution in [0.1, 0.15) is 75.0 Å². The molecule has 4 atom stereocenters. The molecule has 2 heterocycles. The van der Waals surface area contributed by atoms with Gasteiger partial charge in [0.2, 0.25) is 0 Å². The normalized spacial score (nSPS) is 20.5. The van der Waals surface area contributed by atoms with Crippen LogP contribution in [0, 0.1) is 5.92 Å². The van der Waals surface area contributed by atoms with Gasteiger partial charge in [0.05, 0.1) is 11.0 Å². The first kappa shape index (κ1) is 23.9. The lowest BCUT2D eigenvalue weighted by atomic mass is 9.86. The van der Waals surface area contributed by atoms with Crippen molar-refractivity contribution in [3.05, 3.63) is 59.5 Å². The van der Waals surface area contributed by atoms with Crippen LogP contribution in [0.15, 0.2) is 42.6 Å². The number of benzene rings is 2. The molecule has 5 rings (SSSR count). The number of aliphatic hydroxyl groups excluding tert-OH is 1. The van der Waals surface area contributed by atoms with Gasteiger partial charge in [-0.25, -0.2) is 4.98 Å². The minimum absolute atomic E-state index is 0.286. The van der Waals surface area contributed by atoms with Crippen LogP contribution in [0.2, 0.25) is 0 Å². The highest BCUT2D eigenvalue weighted by atomic mass is 16.3. The van der Waals surface area contributed by atoms with E-state index in [0.29, 0.717) is 23.8 Å². The summed E-state index contributed by atoms with van der Waals surface area (Å²) < 4.78 is 4.38. The van der Waals surface area contributed by atoms with Crippen molar-refractivity contribution in [2.75, 3.05) is 7.05 Å². The minimum atomic E-state index is -0.838. The zero-order valence-corrected chi connectivity index (χ0v) is 21.3. The zero-order valence-electron chi connectivity index (χ0n) is 21.3. The van der Waals surface area contributed by atoms with Crippen molar-refractivity contribution in [2.24, 2.45) is 13.0 Å². The Morgan fingerprint density at radius 3 is 2.71 bits per heavy atom. The lowest BCUT2D eigenvalue weighted by Gasteiger charge is -2.30. The predicted octanol–water partition coefficient (Wildman–Crippen LogP) is 5.61. The number of fused-ring (bicyclic) bond motifs is 2. The third kappa shape index (κ3) is 4.45. The Kier molecular flexibility index (Phi) is 6.60. The average molecular weight is 475 g/mol. The van der Waals surface area contributed by atoms with Gasteiger partial charge in [0.25, 0.3) is 0 Å². The maximum absolute atomic E-state index is 11.7. The van der Waals surface area contributed by atoms with Gasteiger partial charge in [-0.2, -0.15) is 0 Å². The van der Waals surface area contributed by atoms with Crippen molar-refractivity contribution in [3.63, 3.8) is 0 Å². The fraction of sp³-hybridized carbons (Fsp3) is 0.483. The molecule has 6 nitrogen and oxygen atoms in total. The molecule has 1 aliphatic carbocycles. The SMILES string of the molecule is CNC(C)CCc1c(O)ccc2c1nc(C(O)c1ccc3c(ccn3C)c1)n2C1CCCC(C)C1. The number of phenols is 1. The number of hydrogen-bond donors (Lipinski definition) is 3. The molecular weight excluding hydrogens is 436 g/mol. The molecule has 1 saturated carbocycles. The first-order chi connectivity index (χ1) is 16.9. The number of hydrogen-bond acceptors (Lipinski definition) is 4. The Morgan fingerprint density at radius 1 is 1.14 bits per heavy atom. The Balaban J connectivity index is 1.64. The second kappa shape index (κ2) is 9.67. The largest absolute Gasteiger partial charge is 0.508 e. The summed E-state index contributed by atoms with van der Waals surface area (Å²) in [7, 11) is 3.99. The van der Waals surface area contributed by atoms with Gasteiger partial charge in [-0.05, 0) is 86.9 Å². The maximum atomic E-state index is 11.7. The first-order valence-electron chi connectivity index (χ1n) is 13.0. The van der Waals surface area contributed by atoms with Gasteiger partial charge in [-0.3, -0.25) is 0 Å². The number of aliphatic hydroxyl groups is 1. The quantitative estimate of drug-likeness (QED) is 0.326. The van der Waals surface area contributed by atoms with Crippen molar-refractivity contribution in [2.45, 2.75) is 70.6 Å². The van der Waals surface area contributed by atoms with E-state index in [1.165, 1.54) is 12.8 Å². The fourth-order valence-electron chi connectivity index (χ4n) is 5.81. The Labute approximate surface area is 207 Å². The van der Waals surface area contributed by atoms with Crippen LogP contribution in [0.4, 0.5) is 0 Å². The smallest absolute Gasteiger partial charge is 0.143 e. The Bertz CT molecular complexity index is 1340. The number of aryl methyl sites for hydroxylation is 2. The zero-order chi connectivity index (χ0) is 24.7. The van der Waals surface area contributed by atoms with Gasteiger partial charge < -0.3 is 24.7 Å². The lowest BCUT2D eigenvalue weighted by molar-refractivity contribution is 0.193. The van der Waals surface area contributed by atoms with Crippen molar-refractivity contribution < 1.29 is 10.2 Å².